The summed E-state index contributed by atoms with van der Waals surface area (Å²) in [6.45, 7) is 2.40. The highest BCUT2D eigenvalue weighted by Gasteiger charge is 2.31. The Balaban J connectivity index is 1.20. The molecule has 55 heavy (non-hydrogen) atoms. The van der Waals surface area contributed by atoms with Gasteiger partial charge < -0.3 is 9.13 Å². The first-order valence-corrected chi connectivity index (χ1v) is 19.3. The molecule has 2 nitrogen and oxygen atoms in total. The monoisotopic (exact) mass is 702 g/mol. The fourth-order valence-electron chi connectivity index (χ4n) is 9.29. The molecule has 2 aromatic heterocycles. The first kappa shape index (κ1) is 31.6. The molecule has 8 aromatic carbocycles. The van der Waals surface area contributed by atoms with E-state index in [1.54, 1.807) is 0 Å². The zero-order valence-electron chi connectivity index (χ0n) is 30.6. The van der Waals surface area contributed by atoms with Gasteiger partial charge in [0, 0.05) is 38.7 Å². The predicted molar refractivity (Wildman–Crippen MR) is 232 cm³/mol. The smallest absolute Gasteiger partial charge is 0.0598 e. The molecule has 260 valence electrons. The number of nitrogens with zero attached hydrogens (tertiary/aromatic N) is 2. The fourth-order valence-corrected chi connectivity index (χ4v) is 9.29. The molecule has 0 radical (unpaired) electrons. The molecular formula is C53H38N2. The van der Waals surface area contributed by atoms with Crippen molar-refractivity contribution in [2.24, 2.45) is 0 Å². The van der Waals surface area contributed by atoms with Gasteiger partial charge in [0.25, 0.3) is 0 Å². The third-order valence-corrected chi connectivity index (χ3v) is 11.9. The molecule has 2 unspecified atom stereocenters. The van der Waals surface area contributed by atoms with Gasteiger partial charge in [-0.15, -0.1) is 0 Å². The van der Waals surface area contributed by atoms with Gasteiger partial charge in [0.15, 0.2) is 0 Å². The molecule has 0 saturated carbocycles. The molecular weight excluding hydrogens is 665 g/mol. The van der Waals surface area contributed by atoms with Crippen LogP contribution in [0.1, 0.15) is 35.6 Å². The number of hydrogen-bond acceptors (Lipinski definition) is 0. The number of benzene rings is 8. The van der Waals surface area contributed by atoms with Crippen molar-refractivity contribution >= 4 is 49.2 Å². The number of hydrogen-bond donors (Lipinski definition) is 0. The largest absolute Gasteiger partial charge is 0.333 e. The summed E-state index contributed by atoms with van der Waals surface area (Å²) in [7, 11) is 0. The van der Waals surface area contributed by atoms with Crippen LogP contribution in [0.3, 0.4) is 0 Å². The Morgan fingerprint density at radius 2 is 0.891 bits per heavy atom. The number of rotatable bonds is 5. The van der Waals surface area contributed by atoms with Gasteiger partial charge in [-0.3, -0.25) is 0 Å². The topological polar surface area (TPSA) is 9.86 Å². The van der Waals surface area contributed by atoms with E-state index in [9.17, 15) is 0 Å². The predicted octanol–water partition coefficient (Wildman–Crippen LogP) is 14.0. The highest BCUT2D eigenvalue weighted by Crippen LogP contribution is 2.47. The Kier molecular flexibility index (Phi) is 7.25. The van der Waals surface area contributed by atoms with Crippen LogP contribution >= 0.6 is 0 Å². The molecule has 10 aromatic rings. The summed E-state index contributed by atoms with van der Waals surface area (Å²) < 4.78 is 5.12. The first-order chi connectivity index (χ1) is 27.2. The van der Waals surface area contributed by atoms with Crippen LogP contribution in [0.15, 0.2) is 200 Å². The summed E-state index contributed by atoms with van der Waals surface area (Å²) in [5, 5.41) is 5.06. The SMILES string of the molecule is CC1c2ccccc2C(c2ccccc2)=CC1n1c2ccccc2c2cc3c(cc21)c1ccccc1n3-c1cc(-c2ccccc2)cc(-c2ccccc2)c1. The van der Waals surface area contributed by atoms with Crippen LogP contribution in [0, 0.1) is 0 Å². The molecule has 2 heterocycles. The standard InChI is InChI=1S/C53H38N2/c1-35-42-23-11-12-24-43(42)46(38-21-9-4-10-22-38)32-51(35)55-50-28-16-14-26-45(50)48-33-52-47(34-53(48)55)44-25-13-15-27-49(44)54(52)41-30-39(36-17-5-2-6-18-36)29-40(31-41)37-19-7-3-8-20-37/h2-35,51H,1H3. The lowest BCUT2D eigenvalue weighted by molar-refractivity contribution is 0.536. The van der Waals surface area contributed by atoms with Crippen molar-refractivity contribution in [1.82, 2.24) is 9.13 Å². The number of para-hydroxylation sites is 2. The van der Waals surface area contributed by atoms with Crippen molar-refractivity contribution in [3.05, 3.63) is 217 Å². The van der Waals surface area contributed by atoms with E-state index in [4.69, 9.17) is 0 Å². The minimum absolute atomic E-state index is 0.120. The van der Waals surface area contributed by atoms with E-state index in [1.807, 2.05) is 0 Å². The van der Waals surface area contributed by atoms with Crippen molar-refractivity contribution < 1.29 is 0 Å². The van der Waals surface area contributed by atoms with Gasteiger partial charge in [-0.1, -0.05) is 165 Å². The highest BCUT2D eigenvalue weighted by molar-refractivity contribution is 6.18. The van der Waals surface area contributed by atoms with Crippen LogP contribution < -0.4 is 0 Å². The maximum atomic E-state index is 2.63. The van der Waals surface area contributed by atoms with E-state index in [0.717, 1.165) is 5.69 Å². The van der Waals surface area contributed by atoms with Crippen molar-refractivity contribution in [1.29, 1.82) is 0 Å². The molecule has 0 amide bonds. The van der Waals surface area contributed by atoms with Gasteiger partial charge in [-0.05, 0) is 87.0 Å². The Morgan fingerprint density at radius 1 is 0.382 bits per heavy atom. The van der Waals surface area contributed by atoms with Gasteiger partial charge in [0.1, 0.15) is 0 Å². The fraction of sp³-hybridized carbons (Fsp3) is 0.0566. The molecule has 1 aliphatic carbocycles. The molecule has 0 aliphatic heterocycles. The first-order valence-electron chi connectivity index (χ1n) is 19.3. The lowest BCUT2D eigenvalue weighted by atomic mass is 9.78. The summed E-state index contributed by atoms with van der Waals surface area (Å²) in [6, 6.07) is 71.4. The summed E-state index contributed by atoms with van der Waals surface area (Å²) in [4.78, 5) is 0. The van der Waals surface area contributed by atoms with Gasteiger partial charge >= 0.3 is 0 Å². The molecule has 11 rings (SSSR count). The van der Waals surface area contributed by atoms with Crippen molar-refractivity contribution in [2.75, 3.05) is 0 Å². The van der Waals surface area contributed by atoms with Gasteiger partial charge in [-0.25, -0.2) is 0 Å². The van der Waals surface area contributed by atoms with E-state index in [0.29, 0.717) is 0 Å². The second-order valence-corrected chi connectivity index (χ2v) is 14.9. The summed E-state index contributed by atoms with van der Waals surface area (Å²) in [5.74, 6) is 0.275. The summed E-state index contributed by atoms with van der Waals surface area (Å²) in [5.41, 5.74) is 16.2. The molecule has 0 N–H and O–H groups in total. The lowest BCUT2D eigenvalue weighted by Gasteiger charge is -2.32. The molecule has 0 bridgehead atoms. The minimum Gasteiger partial charge on any atom is -0.333 e. The number of aromatic nitrogens is 2. The molecule has 0 fully saturated rings. The lowest BCUT2D eigenvalue weighted by Crippen LogP contribution is -2.19. The van der Waals surface area contributed by atoms with Crippen LogP contribution in [0.4, 0.5) is 0 Å². The van der Waals surface area contributed by atoms with Crippen LogP contribution in [-0.4, -0.2) is 9.13 Å². The molecule has 2 atom stereocenters. The molecule has 1 aliphatic rings. The van der Waals surface area contributed by atoms with E-state index in [-0.39, 0.29) is 12.0 Å². The number of fused-ring (bicyclic) bond motifs is 7. The normalized spacial score (nSPS) is 15.5. The zero-order chi connectivity index (χ0) is 36.5. The molecule has 0 saturated heterocycles. The van der Waals surface area contributed by atoms with Gasteiger partial charge in [-0.2, -0.15) is 0 Å². The van der Waals surface area contributed by atoms with E-state index in [1.165, 1.54) is 88.1 Å². The van der Waals surface area contributed by atoms with E-state index < -0.39 is 0 Å². The van der Waals surface area contributed by atoms with Crippen LogP contribution in [-0.2, 0) is 0 Å². The summed E-state index contributed by atoms with van der Waals surface area (Å²) in [6.07, 6.45) is 2.53. The Hall–Kier alpha value is -6.90. The van der Waals surface area contributed by atoms with E-state index >= 15 is 0 Å². The molecule has 0 spiro atoms. The van der Waals surface area contributed by atoms with Crippen molar-refractivity contribution in [2.45, 2.75) is 18.9 Å². The Bertz CT molecular complexity index is 3030. The summed E-state index contributed by atoms with van der Waals surface area (Å²) >= 11 is 0. The average molecular weight is 703 g/mol. The quantitative estimate of drug-likeness (QED) is 0.169. The maximum absolute atomic E-state index is 2.63. The second kappa shape index (κ2) is 12.6. The average Bonchev–Trinajstić information content (AvgIpc) is 3.76. The Labute approximate surface area is 320 Å². The highest BCUT2D eigenvalue weighted by atomic mass is 15.0. The maximum Gasteiger partial charge on any atom is 0.0598 e. The van der Waals surface area contributed by atoms with Crippen LogP contribution in [0.25, 0.3) is 77.1 Å². The van der Waals surface area contributed by atoms with Crippen LogP contribution in [0.5, 0.6) is 0 Å². The van der Waals surface area contributed by atoms with Crippen molar-refractivity contribution in [3.8, 4) is 27.9 Å². The zero-order valence-corrected chi connectivity index (χ0v) is 30.6. The van der Waals surface area contributed by atoms with Crippen molar-refractivity contribution in [3.63, 3.8) is 0 Å². The third kappa shape index (κ3) is 5.02. The van der Waals surface area contributed by atoms with E-state index in [2.05, 4.69) is 216 Å². The van der Waals surface area contributed by atoms with Gasteiger partial charge in [0.2, 0.25) is 0 Å². The van der Waals surface area contributed by atoms with Gasteiger partial charge in [0.05, 0.1) is 22.6 Å². The van der Waals surface area contributed by atoms with Crippen LogP contribution in [0.2, 0.25) is 0 Å². The second-order valence-electron chi connectivity index (χ2n) is 14.9. The minimum atomic E-state index is 0.120. The Morgan fingerprint density at radius 3 is 1.56 bits per heavy atom. The molecule has 2 heteroatoms. The third-order valence-electron chi connectivity index (χ3n) is 11.9. The number of allylic oxidation sites excluding steroid dienone is 1.